The van der Waals surface area contributed by atoms with Gasteiger partial charge < -0.3 is 10.6 Å². The highest BCUT2D eigenvalue weighted by Crippen LogP contribution is 2.21. The average Bonchev–Trinajstić information content (AvgIpc) is 2.17. The minimum atomic E-state index is -0.0739. The molecule has 0 aromatic heterocycles. The molecule has 1 aliphatic rings. The molecule has 1 aliphatic heterocycles. The Balaban J connectivity index is 2.76. The molecule has 1 rings (SSSR count). The number of nitrogens with two attached hydrogens (primary N) is 1. The number of amides is 1. The van der Waals surface area contributed by atoms with Crippen molar-refractivity contribution in [1.29, 1.82) is 0 Å². The molecular formula is C11H18N2O. The minimum absolute atomic E-state index is 0.0739. The monoisotopic (exact) mass is 194 g/mol. The molecule has 0 bridgehead atoms. The van der Waals surface area contributed by atoms with Gasteiger partial charge in [0.1, 0.15) is 0 Å². The van der Waals surface area contributed by atoms with Crippen LogP contribution in [0.3, 0.4) is 0 Å². The molecule has 2 atom stereocenters. The van der Waals surface area contributed by atoms with Gasteiger partial charge in [0.25, 0.3) is 5.91 Å². The number of nitrogens with zero attached hydrogens (tertiary/aromatic N) is 1. The van der Waals surface area contributed by atoms with Gasteiger partial charge in [0.05, 0.1) is 0 Å². The predicted molar refractivity (Wildman–Crippen MR) is 56.5 cm³/mol. The summed E-state index contributed by atoms with van der Waals surface area (Å²) in [6, 6.07) is 0.470. The maximum absolute atomic E-state index is 11.7. The molecule has 0 aromatic carbocycles. The molecule has 1 heterocycles. The number of hydrogen-bond donors (Lipinski definition) is 1. The van der Waals surface area contributed by atoms with Crippen LogP contribution >= 0.6 is 0 Å². The van der Waals surface area contributed by atoms with E-state index in [2.05, 4.69) is 18.8 Å². The third-order valence-corrected chi connectivity index (χ3v) is 2.77. The summed E-state index contributed by atoms with van der Waals surface area (Å²) in [7, 11) is 0. The Bertz CT molecular complexity index is 264. The zero-order valence-corrected chi connectivity index (χ0v) is 8.92. The first-order chi connectivity index (χ1) is 6.70. The zero-order valence-electron chi connectivity index (χ0n) is 8.92. The van der Waals surface area contributed by atoms with E-state index in [0.29, 0.717) is 6.54 Å². The molecule has 1 saturated heterocycles. The van der Waals surface area contributed by atoms with Crippen LogP contribution in [-0.4, -0.2) is 29.4 Å². The van der Waals surface area contributed by atoms with Crippen LogP contribution in [0, 0.1) is 11.8 Å². The van der Waals surface area contributed by atoms with Crippen molar-refractivity contribution in [3.8, 4) is 11.8 Å². The summed E-state index contributed by atoms with van der Waals surface area (Å²) >= 11 is 0. The molecule has 2 unspecified atom stereocenters. The molecule has 0 radical (unpaired) electrons. The summed E-state index contributed by atoms with van der Waals surface area (Å²) in [5, 5.41) is 0. The van der Waals surface area contributed by atoms with Crippen molar-refractivity contribution in [3.05, 3.63) is 0 Å². The largest absolute Gasteiger partial charge is 0.328 e. The number of hydrogen-bond acceptors (Lipinski definition) is 2. The average molecular weight is 194 g/mol. The van der Waals surface area contributed by atoms with Crippen LogP contribution in [0.15, 0.2) is 0 Å². The summed E-state index contributed by atoms with van der Waals surface area (Å²) < 4.78 is 0. The van der Waals surface area contributed by atoms with Gasteiger partial charge >= 0.3 is 0 Å². The van der Waals surface area contributed by atoms with Crippen molar-refractivity contribution in [1.82, 2.24) is 4.90 Å². The fraction of sp³-hybridized carbons (Fsp3) is 0.727. The minimum Gasteiger partial charge on any atom is -0.328 e. The molecule has 0 aliphatic carbocycles. The molecule has 3 nitrogen and oxygen atoms in total. The van der Waals surface area contributed by atoms with Crippen LogP contribution < -0.4 is 5.73 Å². The Hall–Kier alpha value is -1.01. The lowest BCUT2D eigenvalue weighted by Gasteiger charge is -2.39. The van der Waals surface area contributed by atoms with E-state index in [9.17, 15) is 4.79 Å². The van der Waals surface area contributed by atoms with Crippen molar-refractivity contribution in [3.63, 3.8) is 0 Å². The van der Waals surface area contributed by atoms with Crippen molar-refractivity contribution in [2.24, 2.45) is 5.73 Å². The molecule has 0 saturated carbocycles. The molecule has 3 heteroatoms. The highest BCUT2D eigenvalue weighted by molar-refractivity contribution is 5.94. The van der Waals surface area contributed by atoms with Gasteiger partial charge in [0.15, 0.2) is 0 Å². The van der Waals surface area contributed by atoms with Gasteiger partial charge in [-0.3, -0.25) is 4.79 Å². The van der Waals surface area contributed by atoms with Crippen molar-refractivity contribution in [2.45, 2.75) is 45.2 Å². The lowest BCUT2D eigenvalue weighted by atomic mass is 9.96. The van der Waals surface area contributed by atoms with Crippen LogP contribution in [0.2, 0.25) is 0 Å². The first-order valence-electron chi connectivity index (χ1n) is 5.15. The van der Waals surface area contributed by atoms with E-state index >= 15 is 0 Å². The Morgan fingerprint density at radius 3 is 2.86 bits per heavy atom. The van der Waals surface area contributed by atoms with E-state index in [1.54, 1.807) is 6.92 Å². The maximum atomic E-state index is 11.7. The van der Waals surface area contributed by atoms with Crippen LogP contribution in [0.1, 0.15) is 33.1 Å². The maximum Gasteiger partial charge on any atom is 0.298 e. The van der Waals surface area contributed by atoms with E-state index in [1.807, 2.05) is 4.90 Å². The van der Waals surface area contributed by atoms with Gasteiger partial charge in [-0.05, 0) is 39.0 Å². The summed E-state index contributed by atoms with van der Waals surface area (Å²) in [4.78, 5) is 13.5. The second kappa shape index (κ2) is 5.02. The van der Waals surface area contributed by atoms with Gasteiger partial charge in [-0.15, -0.1) is 0 Å². The standard InChI is InChI=1S/C11H18N2O/c1-3-5-11(14)13-9(2)6-4-7-10(13)8-12/h9-10H,4,6-8,12H2,1-2H3. The van der Waals surface area contributed by atoms with Gasteiger partial charge in [-0.2, -0.15) is 0 Å². The smallest absolute Gasteiger partial charge is 0.298 e. The molecule has 14 heavy (non-hydrogen) atoms. The normalized spacial score (nSPS) is 26.6. The molecular weight excluding hydrogens is 176 g/mol. The molecule has 0 aromatic rings. The lowest BCUT2D eigenvalue weighted by Crippen LogP contribution is -2.51. The van der Waals surface area contributed by atoms with Crippen LogP contribution in [0.5, 0.6) is 0 Å². The van der Waals surface area contributed by atoms with Crippen molar-refractivity contribution < 1.29 is 4.79 Å². The van der Waals surface area contributed by atoms with Crippen LogP contribution in [-0.2, 0) is 4.79 Å². The molecule has 1 amide bonds. The fourth-order valence-electron chi connectivity index (χ4n) is 2.06. The summed E-state index contributed by atoms with van der Waals surface area (Å²) in [5.41, 5.74) is 5.65. The summed E-state index contributed by atoms with van der Waals surface area (Å²) in [5.74, 6) is 5.17. The zero-order chi connectivity index (χ0) is 10.6. The van der Waals surface area contributed by atoms with E-state index in [1.165, 1.54) is 0 Å². The second-order valence-electron chi connectivity index (χ2n) is 3.76. The van der Waals surface area contributed by atoms with E-state index in [0.717, 1.165) is 19.3 Å². The van der Waals surface area contributed by atoms with E-state index < -0.39 is 0 Å². The second-order valence-corrected chi connectivity index (χ2v) is 3.76. The Kier molecular flexibility index (Phi) is 3.97. The number of carbonyl (C=O) groups excluding carboxylic acids is 1. The Morgan fingerprint density at radius 2 is 2.29 bits per heavy atom. The molecule has 1 fully saturated rings. The highest BCUT2D eigenvalue weighted by Gasteiger charge is 2.29. The highest BCUT2D eigenvalue weighted by atomic mass is 16.2. The number of likely N-dealkylation sites (tertiary alicyclic amines) is 1. The molecule has 2 N–H and O–H groups in total. The summed E-state index contributed by atoms with van der Waals surface area (Å²) in [6.07, 6.45) is 3.23. The van der Waals surface area contributed by atoms with Crippen molar-refractivity contribution in [2.75, 3.05) is 6.54 Å². The quantitative estimate of drug-likeness (QED) is 0.626. The third-order valence-electron chi connectivity index (χ3n) is 2.77. The van der Waals surface area contributed by atoms with Gasteiger partial charge in [-0.25, -0.2) is 0 Å². The number of rotatable bonds is 1. The van der Waals surface area contributed by atoms with E-state index in [4.69, 9.17) is 5.73 Å². The first-order valence-corrected chi connectivity index (χ1v) is 5.15. The van der Waals surface area contributed by atoms with Gasteiger partial charge in [0, 0.05) is 18.6 Å². The third kappa shape index (κ3) is 2.27. The SMILES string of the molecule is CC#CC(=O)N1C(C)CCCC1CN. The predicted octanol–water partition coefficient (Wildman–Crippen LogP) is 0.738. The molecule has 78 valence electrons. The fourth-order valence-corrected chi connectivity index (χ4v) is 2.06. The van der Waals surface area contributed by atoms with Crippen LogP contribution in [0.4, 0.5) is 0 Å². The lowest BCUT2D eigenvalue weighted by molar-refractivity contribution is -0.131. The number of piperidine rings is 1. The van der Waals surface area contributed by atoms with Crippen molar-refractivity contribution >= 4 is 5.91 Å². The molecule has 0 spiro atoms. The van der Waals surface area contributed by atoms with Gasteiger partial charge in [-0.1, -0.05) is 5.92 Å². The number of carbonyl (C=O) groups is 1. The first kappa shape index (κ1) is 11.1. The van der Waals surface area contributed by atoms with Gasteiger partial charge in [0.2, 0.25) is 0 Å². The Morgan fingerprint density at radius 1 is 1.57 bits per heavy atom. The van der Waals surface area contributed by atoms with Crippen LogP contribution in [0.25, 0.3) is 0 Å². The summed E-state index contributed by atoms with van der Waals surface area (Å²) in [6.45, 7) is 4.29. The van der Waals surface area contributed by atoms with E-state index in [-0.39, 0.29) is 18.0 Å². The topological polar surface area (TPSA) is 46.3 Å². The Labute approximate surface area is 85.6 Å².